The summed E-state index contributed by atoms with van der Waals surface area (Å²) in [6.07, 6.45) is 0.985. The predicted octanol–water partition coefficient (Wildman–Crippen LogP) is 4.18. The number of ether oxygens (including phenoxy) is 1. The third kappa shape index (κ3) is 4.37. The molecule has 1 unspecified atom stereocenters. The van der Waals surface area contributed by atoms with E-state index < -0.39 is 0 Å². The van der Waals surface area contributed by atoms with Gasteiger partial charge in [-0.1, -0.05) is 25.1 Å². The maximum Gasteiger partial charge on any atom is 0.119 e. The summed E-state index contributed by atoms with van der Waals surface area (Å²) in [6.45, 7) is 6.00. The Labute approximate surface area is 119 Å². The fourth-order valence-electron chi connectivity index (χ4n) is 2.09. The fourth-order valence-corrected chi connectivity index (χ4v) is 2.85. The van der Waals surface area contributed by atoms with Crippen LogP contribution in [0.25, 0.3) is 0 Å². The van der Waals surface area contributed by atoms with Gasteiger partial charge >= 0.3 is 0 Å². The van der Waals surface area contributed by atoms with Crippen molar-refractivity contribution < 1.29 is 4.74 Å². The molecule has 0 radical (unpaired) electrons. The van der Waals surface area contributed by atoms with E-state index >= 15 is 0 Å². The zero-order chi connectivity index (χ0) is 13.5. The molecule has 1 aromatic carbocycles. The van der Waals surface area contributed by atoms with Gasteiger partial charge in [0.1, 0.15) is 5.75 Å². The van der Waals surface area contributed by atoms with Crippen LogP contribution in [0.5, 0.6) is 5.75 Å². The van der Waals surface area contributed by atoms with Crippen LogP contribution < -0.4 is 10.1 Å². The van der Waals surface area contributed by atoms with Crippen molar-refractivity contribution in [3.8, 4) is 5.75 Å². The van der Waals surface area contributed by atoms with Crippen LogP contribution in [0.15, 0.2) is 41.8 Å². The van der Waals surface area contributed by atoms with E-state index in [-0.39, 0.29) is 0 Å². The molecule has 102 valence electrons. The molecule has 0 aliphatic heterocycles. The quantitative estimate of drug-likeness (QED) is 0.818. The summed E-state index contributed by atoms with van der Waals surface area (Å²) in [5, 5.41) is 5.77. The molecular formula is C16H21NOS. The number of rotatable bonds is 7. The third-order valence-corrected chi connectivity index (χ3v) is 3.90. The maximum absolute atomic E-state index is 5.77. The van der Waals surface area contributed by atoms with Gasteiger partial charge in [-0.2, -0.15) is 0 Å². The van der Waals surface area contributed by atoms with E-state index in [4.69, 9.17) is 4.74 Å². The van der Waals surface area contributed by atoms with Gasteiger partial charge in [0.25, 0.3) is 0 Å². The zero-order valence-electron chi connectivity index (χ0n) is 11.6. The van der Waals surface area contributed by atoms with E-state index in [9.17, 15) is 0 Å². The molecule has 19 heavy (non-hydrogen) atoms. The second-order valence-electron chi connectivity index (χ2n) is 4.55. The highest BCUT2D eigenvalue weighted by molar-refractivity contribution is 7.10. The van der Waals surface area contributed by atoms with Gasteiger partial charge in [0.05, 0.1) is 6.61 Å². The summed E-state index contributed by atoms with van der Waals surface area (Å²) >= 11 is 1.81. The van der Waals surface area contributed by atoms with Gasteiger partial charge in [-0.25, -0.2) is 0 Å². The van der Waals surface area contributed by atoms with E-state index in [1.165, 1.54) is 10.4 Å². The van der Waals surface area contributed by atoms with E-state index in [1.54, 1.807) is 0 Å². The lowest BCUT2D eigenvalue weighted by molar-refractivity contribution is 0.287. The second-order valence-corrected chi connectivity index (χ2v) is 5.67. The van der Waals surface area contributed by atoms with Crippen LogP contribution in [-0.2, 0) is 0 Å². The van der Waals surface area contributed by atoms with Crippen molar-refractivity contribution in [2.24, 2.45) is 0 Å². The van der Waals surface area contributed by atoms with Crippen molar-refractivity contribution in [2.75, 3.05) is 13.2 Å². The highest BCUT2D eigenvalue weighted by atomic mass is 32.1. The van der Waals surface area contributed by atoms with Crippen molar-refractivity contribution in [1.82, 2.24) is 5.32 Å². The Morgan fingerprint density at radius 3 is 2.68 bits per heavy atom. The van der Waals surface area contributed by atoms with Crippen LogP contribution in [0.1, 0.15) is 29.8 Å². The standard InChI is InChI=1S/C16H21NOS/c1-3-17-16(14-11-13(2)19-12-14)9-10-18-15-7-5-4-6-8-15/h4-8,11-12,16-17H,3,9-10H2,1-2H3. The van der Waals surface area contributed by atoms with Crippen molar-refractivity contribution in [2.45, 2.75) is 26.3 Å². The van der Waals surface area contributed by atoms with Crippen LogP contribution in [0.3, 0.4) is 0 Å². The minimum absolute atomic E-state index is 0.388. The molecule has 2 nitrogen and oxygen atoms in total. The molecule has 1 atom stereocenters. The third-order valence-electron chi connectivity index (χ3n) is 3.02. The van der Waals surface area contributed by atoms with Gasteiger partial charge in [0, 0.05) is 17.3 Å². The minimum atomic E-state index is 0.388. The number of benzene rings is 1. The number of para-hydroxylation sites is 1. The van der Waals surface area contributed by atoms with Crippen LogP contribution in [0.2, 0.25) is 0 Å². The molecule has 2 aromatic rings. The molecule has 1 heterocycles. The average Bonchev–Trinajstić information content (AvgIpc) is 2.86. The van der Waals surface area contributed by atoms with E-state index in [0.717, 1.165) is 25.3 Å². The van der Waals surface area contributed by atoms with Gasteiger partial charge in [-0.05, 0) is 42.6 Å². The van der Waals surface area contributed by atoms with Gasteiger partial charge < -0.3 is 10.1 Å². The Bertz CT molecular complexity index is 481. The smallest absolute Gasteiger partial charge is 0.119 e. The first kappa shape index (κ1) is 14.1. The first-order valence-electron chi connectivity index (χ1n) is 6.76. The average molecular weight is 275 g/mol. The Morgan fingerprint density at radius 2 is 2.05 bits per heavy atom. The van der Waals surface area contributed by atoms with Gasteiger partial charge in [0.2, 0.25) is 0 Å². The monoisotopic (exact) mass is 275 g/mol. The molecule has 0 fully saturated rings. The number of thiophene rings is 1. The summed E-state index contributed by atoms with van der Waals surface area (Å²) in [7, 11) is 0. The lowest BCUT2D eigenvalue weighted by atomic mass is 10.1. The molecule has 0 spiro atoms. The molecule has 0 saturated carbocycles. The van der Waals surface area contributed by atoms with Crippen LogP contribution >= 0.6 is 11.3 Å². The summed E-state index contributed by atoms with van der Waals surface area (Å²) in [5.41, 5.74) is 1.38. The number of hydrogen-bond donors (Lipinski definition) is 1. The first-order chi connectivity index (χ1) is 9.29. The summed E-state index contributed by atoms with van der Waals surface area (Å²) in [6, 6.07) is 12.6. The van der Waals surface area contributed by atoms with Crippen molar-refractivity contribution in [3.63, 3.8) is 0 Å². The first-order valence-corrected chi connectivity index (χ1v) is 7.64. The SMILES string of the molecule is CCNC(CCOc1ccccc1)c1csc(C)c1. The Morgan fingerprint density at radius 1 is 1.26 bits per heavy atom. The van der Waals surface area contributed by atoms with Crippen molar-refractivity contribution in [1.29, 1.82) is 0 Å². The minimum Gasteiger partial charge on any atom is -0.494 e. The maximum atomic E-state index is 5.77. The van der Waals surface area contributed by atoms with Crippen molar-refractivity contribution >= 4 is 11.3 Å². The Kier molecular flexibility index (Phi) is 5.43. The fraction of sp³-hybridized carbons (Fsp3) is 0.375. The molecule has 0 amide bonds. The van der Waals surface area contributed by atoms with Crippen molar-refractivity contribution in [3.05, 3.63) is 52.2 Å². The molecule has 3 heteroatoms. The van der Waals surface area contributed by atoms with Crippen LogP contribution in [-0.4, -0.2) is 13.2 Å². The lowest BCUT2D eigenvalue weighted by Gasteiger charge is -2.17. The molecule has 1 aromatic heterocycles. The molecule has 0 aliphatic rings. The summed E-state index contributed by atoms with van der Waals surface area (Å²) in [5.74, 6) is 0.944. The Balaban J connectivity index is 1.87. The Hall–Kier alpha value is -1.32. The van der Waals surface area contributed by atoms with E-state index in [0.29, 0.717) is 6.04 Å². The van der Waals surface area contributed by atoms with Gasteiger partial charge in [0.15, 0.2) is 0 Å². The molecule has 0 saturated heterocycles. The zero-order valence-corrected chi connectivity index (χ0v) is 12.4. The summed E-state index contributed by atoms with van der Waals surface area (Å²) in [4.78, 5) is 1.36. The molecular weight excluding hydrogens is 254 g/mol. The molecule has 0 aliphatic carbocycles. The molecule has 2 rings (SSSR count). The van der Waals surface area contributed by atoms with Gasteiger partial charge in [-0.3, -0.25) is 0 Å². The normalized spacial score (nSPS) is 12.3. The van der Waals surface area contributed by atoms with Crippen LogP contribution in [0, 0.1) is 6.92 Å². The molecule has 0 bridgehead atoms. The summed E-state index contributed by atoms with van der Waals surface area (Å²) < 4.78 is 5.77. The number of aryl methyl sites for hydroxylation is 1. The van der Waals surface area contributed by atoms with Crippen LogP contribution in [0.4, 0.5) is 0 Å². The lowest BCUT2D eigenvalue weighted by Crippen LogP contribution is -2.22. The van der Waals surface area contributed by atoms with E-state index in [2.05, 4.69) is 30.6 Å². The topological polar surface area (TPSA) is 21.3 Å². The van der Waals surface area contributed by atoms with Gasteiger partial charge in [-0.15, -0.1) is 11.3 Å². The second kappa shape index (κ2) is 7.31. The molecule has 1 N–H and O–H groups in total. The number of nitrogens with one attached hydrogen (secondary N) is 1. The predicted molar refractivity (Wildman–Crippen MR) is 82.0 cm³/mol. The van der Waals surface area contributed by atoms with E-state index in [1.807, 2.05) is 41.7 Å². The highest BCUT2D eigenvalue weighted by Crippen LogP contribution is 2.23. The highest BCUT2D eigenvalue weighted by Gasteiger charge is 2.11. The number of hydrogen-bond acceptors (Lipinski definition) is 3. The largest absolute Gasteiger partial charge is 0.494 e.